The predicted molar refractivity (Wildman–Crippen MR) is 76.4 cm³/mol. The van der Waals surface area contributed by atoms with E-state index < -0.39 is 26.6 Å². The third kappa shape index (κ3) is 5.01. The second-order valence-corrected chi connectivity index (χ2v) is 7.59. The first-order chi connectivity index (χ1) is 9.59. The molecule has 0 aliphatic rings. The van der Waals surface area contributed by atoms with Gasteiger partial charge in [-0.3, -0.25) is 0 Å². The first-order valence-electron chi connectivity index (χ1n) is 6.65. The molecule has 1 aromatic carbocycles. The number of nitrogens with one attached hydrogen (secondary N) is 1. The van der Waals surface area contributed by atoms with Gasteiger partial charge in [-0.05, 0) is 36.8 Å². The molecule has 21 heavy (non-hydrogen) atoms. The second kappa shape index (κ2) is 6.81. The molecular weight excluding hydrogens is 300 g/mol. The van der Waals surface area contributed by atoms with Crippen LogP contribution in [0.2, 0.25) is 0 Å². The first kappa shape index (κ1) is 18.0. The topological polar surface area (TPSA) is 66.4 Å². The van der Waals surface area contributed by atoms with E-state index in [1.165, 1.54) is 6.92 Å². The zero-order valence-electron chi connectivity index (χ0n) is 12.4. The van der Waals surface area contributed by atoms with Gasteiger partial charge in [0.15, 0.2) is 0 Å². The highest BCUT2D eigenvalue weighted by atomic mass is 32.2. The van der Waals surface area contributed by atoms with Crippen molar-refractivity contribution in [3.8, 4) is 0 Å². The van der Waals surface area contributed by atoms with Gasteiger partial charge in [0.2, 0.25) is 10.0 Å². The molecule has 0 amide bonds. The summed E-state index contributed by atoms with van der Waals surface area (Å²) in [5.74, 6) is -1.89. The summed E-state index contributed by atoms with van der Waals surface area (Å²) in [6, 6.07) is 1.55. The van der Waals surface area contributed by atoms with Gasteiger partial charge in [0, 0.05) is 19.2 Å². The Morgan fingerprint density at radius 3 is 2.43 bits per heavy atom. The van der Waals surface area contributed by atoms with E-state index >= 15 is 0 Å². The van der Waals surface area contributed by atoms with Crippen molar-refractivity contribution in [1.29, 1.82) is 0 Å². The van der Waals surface area contributed by atoms with Crippen molar-refractivity contribution in [2.24, 2.45) is 5.41 Å². The Balaban J connectivity index is 2.73. The van der Waals surface area contributed by atoms with Gasteiger partial charge < -0.3 is 5.11 Å². The number of halogens is 2. The monoisotopic (exact) mass is 321 g/mol. The van der Waals surface area contributed by atoms with Gasteiger partial charge in [-0.15, -0.1) is 0 Å². The van der Waals surface area contributed by atoms with E-state index in [0.29, 0.717) is 18.9 Å². The fourth-order valence-corrected chi connectivity index (χ4v) is 2.98. The van der Waals surface area contributed by atoms with Gasteiger partial charge >= 0.3 is 0 Å². The van der Waals surface area contributed by atoms with Crippen molar-refractivity contribution in [2.45, 2.75) is 38.5 Å². The molecule has 0 aliphatic carbocycles. The molecule has 0 saturated carbocycles. The molecule has 0 unspecified atom stereocenters. The minimum atomic E-state index is -4.01. The van der Waals surface area contributed by atoms with Crippen molar-refractivity contribution < 1.29 is 22.3 Å². The maximum atomic E-state index is 13.6. The number of hydrogen-bond acceptors (Lipinski definition) is 3. The third-order valence-corrected chi connectivity index (χ3v) is 4.73. The number of rotatable bonds is 7. The fraction of sp³-hybridized carbons (Fsp3) is 0.571. The van der Waals surface area contributed by atoms with Gasteiger partial charge in [0.05, 0.1) is 0 Å². The summed E-state index contributed by atoms with van der Waals surface area (Å²) in [7, 11) is -4.01. The molecule has 7 heteroatoms. The molecule has 0 radical (unpaired) electrons. The van der Waals surface area contributed by atoms with E-state index in [0.717, 1.165) is 6.07 Å². The number of sulfonamides is 1. The Kier molecular flexibility index (Phi) is 5.83. The maximum absolute atomic E-state index is 13.6. The van der Waals surface area contributed by atoms with Gasteiger partial charge in [-0.25, -0.2) is 21.9 Å². The molecule has 0 fully saturated rings. The molecule has 0 aliphatic heterocycles. The summed E-state index contributed by atoms with van der Waals surface area (Å²) < 4.78 is 53.0. The summed E-state index contributed by atoms with van der Waals surface area (Å²) >= 11 is 0. The minimum absolute atomic E-state index is 0.00549. The van der Waals surface area contributed by atoms with E-state index in [2.05, 4.69) is 4.72 Å². The summed E-state index contributed by atoms with van der Waals surface area (Å²) in [5, 5.41) is 9.10. The summed E-state index contributed by atoms with van der Waals surface area (Å²) in [4.78, 5) is -0.553. The van der Waals surface area contributed by atoms with E-state index in [-0.39, 0.29) is 24.1 Å². The van der Waals surface area contributed by atoms with Crippen molar-refractivity contribution in [2.75, 3.05) is 13.2 Å². The molecule has 0 heterocycles. The highest BCUT2D eigenvalue weighted by Crippen LogP contribution is 2.21. The van der Waals surface area contributed by atoms with Crippen LogP contribution in [0.3, 0.4) is 0 Å². The Bertz CT molecular complexity index is 600. The lowest BCUT2D eigenvalue weighted by Crippen LogP contribution is -2.27. The van der Waals surface area contributed by atoms with Crippen molar-refractivity contribution in [3.63, 3.8) is 0 Å². The normalized spacial score (nSPS) is 12.7. The average molecular weight is 321 g/mol. The maximum Gasteiger partial charge on any atom is 0.243 e. The van der Waals surface area contributed by atoms with Crippen molar-refractivity contribution in [1.82, 2.24) is 4.72 Å². The van der Waals surface area contributed by atoms with Crippen LogP contribution in [-0.2, 0) is 10.0 Å². The molecule has 0 bridgehead atoms. The highest BCUT2D eigenvalue weighted by molar-refractivity contribution is 7.89. The standard InChI is InChI=1S/C14H21F2NO3S/c1-10-7-13(12(16)8-11(10)15)21(19,20)17-6-4-5-14(2,3)9-18/h7-8,17-18H,4-6,9H2,1-3H3. The molecule has 0 saturated heterocycles. The Morgan fingerprint density at radius 2 is 1.86 bits per heavy atom. The SMILES string of the molecule is Cc1cc(S(=O)(=O)NCCCC(C)(C)CO)c(F)cc1F. The van der Waals surface area contributed by atoms with Gasteiger partial charge in [-0.2, -0.15) is 0 Å². The number of benzene rings is 1. The zero-order chi connectivity index (χ0) is 16.3. The summed E-state index contributed by atoms with van der Waals surface area (Å²) in [5.41, 5.74) is -0.221. The lowest BCUT2D eigenvalue weighted by molar-refractivity contribution is 0.148. The average Bonchev–Trinajstić information content (AvgIpc) is 2.39. The minimum Gasteiger partial charge on any atom is -0.396 e. The lowest BCUT2D eigenvalue weighted by atomic mass is 9.89. The first-order valence-corrected chi connectivity index (χ1v) is 8.13. The summed E-state index contributed by atoms with van der Waals surface area (Å²) in [6.07, 6.45) is 1.13. The van der Waals surface area contributed by atoms with Crippen LogP contribution in [0.15, 0.2) is 17.0 Å². The van der Waals surface area contributed by atoms with Crippen LogP contribution in [0.25, 0.3) is 0 Å². The molecule has 4 nitrogen and oxygen atoms in total. The molecular formula is C14H21F2NO3S. The van der Waals surface area contributed by atoms with E-state index in [4.69, 9.17) is 5.11 Å². The van der Waals surface area contributed by atoms with Crippen molar-refractivity contribution >= 4 is 10.0 Å². The number of hydrogen-bond donors (Lipinski definition) is 2. The van der Waals surface area contributed by atoms with Crippen LogP contribution in [0, 0.1) is 24.0 Å². The molecule has 120 valence electrons. The lowest BCUT2D eigenvalue weighted by Gasteiger charge is -2.21. The van der Waals surface area contributed by atoms with E-state index in [1.54, 1.807) is 0 Å². The second-order valence-electron chi connectivity index (χ2n) is 5.86. The van der Waals surface area contributed by atoms with Gasteiger partial charge in [-0.1, -0.05) is 13.8 Å². The van der Waals surface area contributed by atoms with Crippen LogP contribution >= 0.6 is 0 Å². The smallest absolute Gasteiger partial charge is 0.243 e. The largest absolute Gasteiger partial charge is 0.396 e. The molecule has 1 aromatic rings. The zero-order valence-corrected chi connectivity index (χ0v) is 13.2. The van der Waals surface area contributed by atoms with Crippen molar-refractivity contribution in [3.05, 3.63) is 29.3 Å². The Hall–Kier alpha value is -1.05. The Labute approximate surface area is 124 Å². The molecule has 0 spiro atoms. The van der Waals surface area contributed by atoms with E-state index in [9.17, 15) is 17.2 Å². The van der Waals surface area contributed by atoms with Crippen LogP contribution in [-0.4, -0.2) is 26.7 Å². The van der Waals surface area contributed by atoms with Gasteiger partial charge in [0.25, 0.3) is 0 Å². The molecule has 1 rings (SSSR count). The Morgan fingerprint density at radius 1 is 1.24 bits per heavy atom. The van der Waals surface area contributed by atoms with Gasteiger partial charge in [0.1, 0.15) is 16.5 Å². The van der Waals surface area contributed by atoms with Crippen LogP contribution in [0.5, 0.6) is 0 Å². The molecule has 0 atom stereocenters. The molecule has 2 N–H and O–H groups in total. The van der Waals surface area contributed by atoms with Crippen LogP contribution in [0.1, 0.15) is 32.3 Å². The van der Waals surface area contributed by atoms with Crippen LogP contribution < -0.4 is 4.72 Å². The number of aryl methyl sites for hydroxylation is 1. The highest BCUT2D eigenvalue weighted by Gasteiger charge is 2.21. The molecule has 0 aromatic heterocycles. The summed E-state index contributed by atoms with van der Waals surface area (Å²) in [6.45, 7) is 5.24. The number of aliphatic hydroxyl groups excluding tert-OH is 1. The quantitative estimate of drug-likeness (QED) is 0.758. The number of aliphatic hydroxyl groups is 1. The predicted octanol–water partition coefficient (Wildman–Crippen LogP) is 2.35. The van der Waals surface area contributed by atoms with E-state index in [1.807, 2.05) is 13.8 Å². The fourth-order valence-electron chi connectivity index (χ4n) is 1.77. The third-order valence-electron chi connectivity index (χ3n) is 3.25. The van der Waals surface area contributed by atoms with Crippen LogP contribution in [0.4, 0.5) is 8.78 Å².